The van der Waals surface area contributed by atoms with E-state index in [1.165, 1.54) is 0 Å². The van der Waals surface area contributed by atoms with Crippen LogP contribution >= 0.6 is 0 Å². The zero-order valence-corrected chi connectivity index (χ0v) is 15.4. The molecule has 1 saturated carbocycles. The average Bonchev–Trinajstić information content (AvgIpc) is 3.19. The monoisotopic (exact) mass is 370 g/mol. The molecule has 1 spiro atoms. The Kier molecular flexibility index (Phi) is 3.56. The van der Waals surface area contributed by atoms with Gasteiger partial charge in [0, 0.05) is 22.1 Å². The summed E-state index contributed by atoms with van der Waals surface area (Å²) in [6.45, 7) is 4.97. The van der Waals surface area contributed by atoms with E-state index in [1.807, 2.05) is 6.07 Å². The maximum atomic E-state index is 13.3. The molecule has 5 rings (SSSR count). The molecule has 0 bridgehead atoms. The van der Waals surface area contributed by atoms with Crippen molar-refractivity contribution in [2.75, 3.05) is 26.4 Å². The first-order chi connectivity index (χ1) is 12.9. The van der Waals surface area contributed by atoms with Crippen LogP contribution < -0.4 is 0 Å². The third-order valence-corrected chi connectivity index (χ3v) is 6.01. The minimum absolute atomic E-state index is 0.0550. The summed E-state index contributed by atoms with van der Waals surface area (Å²) >= 11 is 0. The van der Waals surface area contributed by atoms with E-state index in [0.29, 0.717) is 35.5 Å². The van der Waals surface area contributed by atoms with Crippen LogP contribution in [0, 0.1) is 17.3 Å². The number of aliphatic hydroxyl groups excluding tert-OH is 1. The van der Waals surface area contributed by atoms with Gasteiger partial charge in [-0.1, -0.05) is 38.1 Å². The topological polar surface area (TPSA) is 82.1 Å². The summed E-state index contributed by atoms with van der Waals surface area (Å²) in [5.41, 5.74) is 2.04. The third kappa shape index (κ3) is 2.21. The van der Waals surface area contributed by atoms with Crippen molar-refractivity contribution < 1.29 is 28.9 Å². The van der Waals surface area contributed by atoms with Gasteiger partial charge in [-0.15, -0.1) is 0 Å². The van der Waals surface area contributed by atoms with Crippen molar-refractivity contribution in [2.45, 2.75) is 25.7 Å². The van der Waals surface area contributed by atoms with Crippen molar-refractivity contribution in [3.8, 4) is 0 Å². The number of hydrogen-bond donors (Lipinski definition) is 1. The molecular formula is C21H22O6. The average molecular weight is 370 g/mol. The van der Waals surface area contributed by atoms with Crippen molar-refractivity contribution in [1.82, 2.24) is 0 Å². The highest BCUT2D eigenvalue weighted by molar-refractivity contribution is 6.38. The Morgan fingerprint density at radius 1 is 1.15 bits per heavy atom. The molecule has 1 aromatic carbocycles. The first-order valence-corrected chi connectivity index (χ1v) is 9.34. The van der Waals surface area contributed by atoms with Crippen molar-refractivity contribution in [2.24, 2.45) is 17.3 Å². The molecule has 0 amide bonds. The molecule has 1 saturated heterocycles. The predicted octanol–water partition coefficient (Wildman–Crippen LogP) is 1.61. The van der Waals surface area contributed by atoms with Crippen LogP contribution in [0.4, 0.5) is 0 Å². The minimum atomic E-state index is -0.986. The quantitative estimate of drug-likeness (QED) is 0.871. The maximum Gasteiger partial charge on any atom is 0.193 e. The fourth-order valence-corrected chi connectivity index (χ4v) is 4.73. The van der Waals surface area contributed by atoms with Gasteiger partial charge in [0.2, 0.25) is 0 Å². The molecule has 1 heterocycles. The lowest BCUT2D eigenvalue weighted by molar-refractivity contribution is -0.258. The van der Waals surface area contributed by atoms with Crippen LogP contribution in [-0.4, -0.2) is 55.0 Å². The van der Waals surface area contributed by atoms with E-state index in [9.17, 15) is 14.7 Å². The summed E-state index contributed by atoms with van der Waals surface area (Å²) in [5, 5.41) is 9.18. The molecule has 4 aliphatic rings. The second-order valence-corrected chi connectivity index (χ2v) is 8.51. The number of ether oxygens (including phenoxy) is 3. The van der Waals surface area contributed by atoms with Crippen molar-refractivity contribution in [3.05, 3.63) is 41.0 Å². The zero-order valence-electron chi connectivity index (χ0n) is 15.4. The largest absolute Gasteiger partial charge is 0.394 e. The lowest BCUT2D eigenvalue weighted by Crippen LogP contribution is -2.43. The summed E-state index contributed by atoms with van der Waals surface area (Å²) < 4.78 is 18.0. The van der Waals surface area contributed by atoms with Gasteiger partial charge < -0.3 is 19.3 Å². The van der Waals surface area contributed by atoms with E-state index in [-0.39, 0.29) is 42.0 Å². The Balaban J connectivity index is 1.60. The number of benzene rings is 1. The molecule has 1 N–H and O–H groups in total. The predicted molar refractivity (Wildman–Crippen MR) is 94.9 cm³/mol. The molecule has 0 aromatic heterocycles. The lowest BCUT2D eigenvalue weighted by Gasteiger charge is -2.36. The van der Waals surface area contributed by atoms with Gasteiger partial charge in [-0.2, -0.15) is 0 Å². The smallest absolute Gasteiger partial charge is 0.193 e. The van der Waals surface area contributed by atoms with Crippen LogP contribution in [0.15, 0.2) is 29.8 Å². The highest BCUT2D eigenvalue weighted by Gasteiger charge is 2.78. The molecular weight excluding hydrogens is 348 g/mol. The standard InChI is InChI=1S/C21H22O6/c1-20(2)9-26-21(27-10-20)15-14-13(11-5-3-4-6-12(11)17(14)23)18(24)19(16(15)21)25-8-7-22/h3-6,15-16,19,22H,7-10H2,1-2H3/t15-,16-,19+/m1/s1. The van der Waals surface area contributed by atoms with E-state index in [0.717, 1.165) is 0 Å². The van der Waals surface area contributed by atoms with Crippen molar-refractivity contribution >= 4 is 17.1 Å². The van der Waals surface area contributed by atoms with E-state index in [1.54, 1.807) is 18.2 Å². The summed E-state index contributed by atoms with van der Waals surface area (Å²) in [6, 6.07) is 7.18. The van der Waals surface area contributed by atoms with Crippen LogP contribution in [-0.2, 0) is 19.0 Å². The Bertz CT molecular complexity index is 872. The van der Waals surface area contributed by atoms with Crippen LogP contribution in [0.25, 0.3) is 5.57 Å². The molecule has 2 fully saturated rings. The first kappa shape index (κ1) is 17.3. The van der Waals surface area contributed by atoms with Gasteiger partial charge in [-0.25, -0.2) is 0 Å². The molecule has 142 valence electrons. The summed E-state index contributed by atoms with van der Waals surface area (Å²) in [6.07, 6.45) is -0.777. The molecule has 0 unspecified atom stereocenters. The summed E-state index contributed by atoms with van der Waals surface area (Å²) in [7, 11) is 0. The minimum Gasteiger partial charge on any atom is -0.394 e. The van der Waals surface area contributed by atoms with Gasteiger partial charge in [0.1, 0.15) is 6.10 Å². The van der Waals surface area contributed by atoms with E-state index >= 15 is 0 Å². The van der Waals surface area contributed by atoms with Crippen LogP contribution in [0.3, 0.4) is 0 Å². The number of fused-ring (bicyclic) bond motifs is 6. The number of ketones is 2. The normalized spacial score (nSPS) is 32.3. The molecule has 6 nitrogen and oxygen atoms in total. The molecule has 3 atom stereocenters. The van der Waals surface area contributed by atoms with Gasteiger partial charge in [0.05, 0.1) is 38.3 Å². The molecule has 6 heteroatoms. The second-order valence-electron chi connectivity index (χ2n) is 8.51. The van der Waals surface area contributed by atoms with Crippen LogP contribution in [0.5, 0.6) is 0 Å². The Hall–Kier alpha value is -1.86. The van der Waals surface area contributed by atoms with E-state index in [2.05, 4.69) is 13.8 Å². The number of hydrogen-bond acceptors (Lipinski definition) is 6. The molecule has 27 heavy (non-hydrogen) atoms. The second kappa shape index (κ2) is 5.58. The van der Waals surface area contributed by atoms with Gasteiger partial charge >= 0.3 is 0 Å². The number of carbonyl (C=O) groups is 2. The number of aliphatic hydroxyl groups is 1. The number of Topliss-reactive ketones (excluding diaryl/α,β-unsaturated/α-hetero) is 2. The maximum absolute atomic E-state index is 13.3. The molecule has 1 aliphatic heterocycles. The summed E-state index contributed by atoms with van der Waals surface area (Å²) in [4.78, 5) is 26.4. The zero-order chi connectivity index (χ0) is 19.0. The fourth-order valence-electron chi connectivity index (χ4n) is 4.73. The Morgan fingerprint density at radius 3 is 2.48 bits per heavy atom. The molecule has 3 aliphatic carbocycles. The number of carbonyl (C=O) groups excluding carboxylic acids is 2. The lowest BCUT2D eigenvalue weighted by atomic mass is 9.88. The third-order valence-electron chi connectivity index (χ3n) is 6.01. The molecule has 1 aromatic rings. The van der Waals surface area contributed by atoms with Crippen molar-refractivity contribution in [1.29, 1.82) is 0 Å². The van der Waals surface area contributed by atoms with E-state index in [4.69, 9.17) is 14.2 Å². The van der Waals surface area contributed by atoms with Gasteiger partial charge in [0.25, 0.3) is 0 Å². The van der Waals surface area contributed by atoms with Gasteiger partial charge in [-0.3, -0.25) is 9.59 Å². The van der Waals surface area contributed by atoms with E-state index < -0.39 is 11.9 Å². The first-order valence-electron chi connectivity index (χ1n) is 9.34. The Morgan fingerprint density at radius 2 is 1.81 bits per heavy atom. The highest BCUT2D eigenvalue weighted by Crippen LogP contribution is 2.67. The van der Waals surface area contributed by atoms with Crippen LogP contribution in [0.2, 0.25) is 0 Å². The highest BCUT2D eigenvalue weighted by atomic mass is 16.7. The molecule has 0 radical (unpaired) electrons. The van der Waals surface area contributed by atoms with Gasteiger partial charge in [0.15, 0.2) is 17.4 Å². The van der Waals surface area contributed by atoms with Crippen molar-refractivity contribution in [3.63, 3.8) is 0 Å². The van der Waals surface area contributed by atoms with Gasteiger partial charge in [-0.05, 0) is 5.56 Å². The van der Waals surface area contributed by atoms with Crippen LogP contribution in [0.1, 0.15) is 29.8 Å². The SMILES string of the molecule is CC1(C)COC2(OC1)[C@H]1[C@H](OCCO)C(=O)C3=C(C(=O)c4ccccc43)[C@H]12. The number of rotatable bonds is 3. The summed E-state index contributed by atoms with van der Waals surface area (Å²) in [5.74, 6) is -1.99. The Labute approximate surface area is 157 Å². The fraction of sp³-hybridized carbons (Fsp3) is 0.524.